The Kier molecular flexibility index (Phi) is 3.26. The van der Waals surface area contributed by atoms with Crippen molar-refractivity contribution < 1.29 is 0 Å². The second-order valence-electron chi connectivity index (χ2n) is 4.85. The molecule has 2 rings (SSSR count). The van der Waals surface area contributed by atoms with Crippen LogP contribution < -0.4 is 5.32 Å². The average Bonchev–Trinajstić information content (AvgIpc) is 2.46. The van der Waals surface area contributed by atoms with E-state index in [-0.39, 0.29) is 0 Å². The van der Waals surface area contributed by atoms with Crippen molar-refractivity contribution in [1.29, 1.82) is 0 Å². The standard InChI is InChI=1S/C12H23N/c1-2-9-13-12-8-4-7-11(12)10-5-3-6-10/h10-13H,2-9H2,1H3. The van der Waals surface area contributed by atoms with Crippen molar-refractivity contribution in [2.75, 3.05) is 6.54 Å². The van der Waals surface area contributed by atoms with Gasteiger partial charge in [-0.2, -0.15) is 0 Å². The van der Waals surface area contributed by atoms with Crippen molar-refractivity contribution >= 4 is 0 Å². The molecule has 1 nitrogen and oxygen atoms in total. The number of rotatable bonds is 4. The van der Waals surface area contributed by atoms with Gasteiger partial charge >= 0.3 is 0 Å². The van der Waals surface area contributed by atoms with Gasteiger partial charge in [0.25, 0.3) is 0 Å². The van der Waals surface area contributed by atoms with Crippen LogP contribution in [0, 0.1) is 11.8 Å². The lowest BCUT2D eigenvalue weighted by Crippen LogP contribution is -2.38. The molecule has 2 atom stereocenters. The summed E-state index contributed by atoms with van der Waals surface area (Å²) >= 11 is 0. The molecule has 0 aliphatic heterocycles. The zero-order valence-electron chi connectivity index (χ0n) is 8.89. The molecule has 0 amide bonds. The lowest BCUT2D eigenvalue weighted by Gasteiger charge is -2.35. The van der Waals surface area contributed by atoms with Gasteiger partial charge in [-0.25, -0.2) is 0 Å². The van der Waals surface area contributed by atoms with Gasteiger partial charge in [0.05, 0.1) is 0 Å². The maximum absolute atomic E-state index is 3.73. The van der Waals surface area contributed by atoms with Crippen molar-refractivity contribution in [3.05, 3.63) is 0 Å². The zero-order valence-corrected chi connectivity index (χ0v) is 8.89. The molecule has 2 aliphatic carbocycles. The van der Waals surface area contributed by atoms with Crippen molar-refractivity contribution in [2.24, 2.45) is 11.8 Å². The smallest absolute Gasteiger partial charge is 0.00979 e. The highest BCUT2D eigenvalue weighted by Crippen LogP contribution is 2.42. The molecule has 0 bridgehead atoms. The molecule has 0 aromatic carbocycles. The Morgan fingerprint density at radius 2 is 1.85 bits per heavy atom. The molecule has 0 radical (unpaired) electrons. The van der Waals surface area contributed by atoms with Crippen LogP contribution in [0.25, 0.3) is 0 Å². The van der Waals surface area contributed by atoms with Crippen molar-refractivity contribution in [2.45, 2.75) is 57.9 Å². The molecule has 1 heteroatoms. The van der Waals surface area contributed by atoms with E-state index in [2.05, 4.69) is 12.2 Å². The summed E-state index contributed by atoms with van der Waals surface area (Å²) in [6.07, 6.45) is 10.3. The first-order valence-corrected chi connectivity index (χ1v) is 6.15. The van der Waals surface area contributed by atoms with E-state index in [4.69, 9.17) is 0 Å². The highest BCUT2D eigenvalue weighted by Gasteiger charge is 2.35. The summed E-state index contributed by atoms with van der Waals surface area (Å²) in [5.74, 6) is 2.14. The second-order valence-corrected chi connectivity index (χ2v) is 4.85. The van der Waals surface area contributed by atoms with Gasteiger partial charge in [-0.05, 0) is 37.6 Å². The SMILES string of the molecule is CCCNC1CCCC1C1CCC1. The molecule has 76 valence electrons. The molecule has 0 heterocycles. The van der Waals surface area contributed by atoms with Crippen LogP contribution in [0.5, 0.6) is 0 Å². The molecule has 0 spiro atoms. The summed E-state index contributed by atoms with van der Waals surface area (Å²) in [6.45, 7) is 3.49. The number of hydrogen-bond acceptors (Lipinski definition) is 1. The Morgan fingerprint density at radius 1 is 1.08 bits per heavy atom. The van der Waals surface area contributed by atoms with Crippen molar-refractivity contribution in [3.8, 4) is 0 Å². The topological polar surface area (TPSA) is 12.0 Å². The van der Waals surface area contributed by atoms with Gasteiger partial charge in [-0.3, -0.25) is 0 Å². The minimum Gasteiger partial charge on any atom is -0.314 e. The fraction of sp³-hybridized carbons (Fsp3) is 1.00. The second kappa shape index (κ2) is 4.45. The summed E-state index contributed by atoms with van der Waals surface area (Å²) in [5.41, 5.74) is 0. The van der Waals surface area contributed by atoms with E-state index in [0.29, 0.717) is 0 Å². The lowest BCUT2D eigenvalue weighted by atomic mass is 9.74. The van der Waals surface area contributed by atoms with Crippen LogP contribution in [-0.2, 0) is 0 Å². The van der Waals surface area contributed by atoms with Gasteiger partial charge < -0.3 is 5.32 Å². The fourth-order valence-electron chi connectivity index (χ4n) is 3.00. The minimum atomic E-state index is 0.880. The summed E-state index contributed by atoms with van der Waals surface area (Å²) < 4.78 is 0. The number of nitrogens with one attached hydrogen (secondary N) is 1. The first-order valence-electron chi connectivity index (χ1n) is 6.15. The van der Waals surface area contributed by atoms with Crippen LogP contribution in [0.1, 0.15) is 51.9 Å². The summed E-state index contributed by atoms with van der Waals surface area (Å²) in [4.78, 5) is 0. The Morgan fingerprint density at radius 3 is 2.46 bits per heavy atom. The highest BCUT2D eigenvalue weighted by molar-refractivity contribution is 4.90. The molecule has 0 aromatic heterocycles. The maximum Gasteiger partial charge on any atom is 0.00979 e. The largest absolute Gasteiger partial charge is 0.314 e. The lowest BCUT2D eigenvalue weighted by molar-refractivity contribution is 0.180. The van der Waals surface area contributed by atoms with Gasteiger partial charge in [-0.1, -0.05) is 32.6 Å². The molecule has 1 N–H and O–H groups in total. The van der Waals surface area contributed by atoms with Gasteiger partial charge in [0.2, 0.25) is 0 Å². The Hall–Kier alpha value is -0.0400. The van der Waals surface area contributed by atoms with Crippen LogP contribution in [0.4, 0.5) is 0 Å². The molecule has 2 fully saturated rings. The van der Waals surface area contributed by atoms with Crippen LogP contribution in [0.3, 0.4) is 0 Å². The third kappa shape index (κ3) is 2.07. The van der Waals surface area contributed by atoms with Gasteiger partial charge in [-0.15, -0.1) is 0 Å². The van der Waals surface area contributed by atoms with E-state index in [1.807, 2.05) is 0 Å². The summed E-state index contributed by atoms with van der Waals surface area (Å²) in [7, 11) is 0. The van der Waals surface area contributed by atoms with E-state index < -0.39 is 0 Å². The zero-order chi connectivity index (χ0) is 9.10. The number of hydrogen-bond donors (Lipinski definition) is 1. The van der Waals surface area contributed by atoms with E-state index in [9.17, 15) is 0 Å². The van der Waals surface area contributed by atoms with Gasteiger partial charge in [0, 0.05) is 6.04 Å². The van der Waals surface area contributed by atoms with E-state index in [1.54, 1.807) is 0 Å². The first kappa shape index (κ1) is 9.51. The molecular weight excluding hydrogens is 158 g/mol. The van der Waals surface area contributed by atoms with Crippen LogP contribution in [-0.4, -0.2) is 12.6 Å². The maximum atomic E-state index is 3.73. The van der Waals surface area contributed by atoms with Crippen molar-refractivity contribution in [3.63, 3.8) is 0 Å². The molecule has 13 heavy (non-hydrogen) atoms. The van der Waals surface area contributed by atoms with Crippen LogP contribution in [0.15, 0.2) is 0 Å². The minimum absolute atomic E-state index is 0.880. The predicted molar refractivity (Wildman–Crippen MR) is 56.8 cm³/mol. The predicted octanol–water partition coefficient (Wildman–Crippen LogP) is 2.95. The van der Waals surface area contributed by atoms with Gasteiger partial charge in [0.1, 0.15) is 0 Å². The third-order valence-electron chi connectivity index (χ3n) is 3.98. The molecule has 0 saturated heterocycles. The Balaban J connectivity index is 1.79. The van der Waals surface area contributed by atoms with E-state index >= 15 is 0 Å². The van der Waals surface area contributed by atoms with E-state index in [0.717, 1.165) is 17.9 Å². The Labute approximate surface area is 82.3 Å². The summed E-state index contributed by atoms with van der Waals surface area (Å²) in [5, 5.41) is 3.73. The molecule has 2 unspecified atom stereocenters. The van der Waals surface area contributed by atoms with E-state index in [1.165, 1.54) is 51.5 Å². The normalized spacial score (nSPS) is 34.8. The fourth-order valence-corrected chi connectivity index (χ4v) is 3.00. The molecule has 2 saturated carbocycles. The molecule has 0 aromatic rings. The molecular formula is C12H23N. The first-order chi connectivity index (χ1) is 6.42. The highest BCUT2D eigenvalue weighted by atomic mass is 14.9. The van der Waals surface area contributed by atoms with Crippen LogP contribution >= 0.6 is 0 Å². The Bertz CT molecular complexity index is 151. The molecule has 2 aliphatic rings. The third-order valence-corrected chi connectivity index (χ3v) is 3.98. The average molecular weight is 181 g/mol. The quantitative estimate of drug-likeness (QED) is 0.703. The van der Waals surface area contributed by atoms with Crippen molar-refractivity contribution in [1.82, 2.24) is 5.32 Å². The van der Waals surface area contributed by atoms with Crippen LogP contribution in [0.2, 0.25) is 0 Å². The summed E-state index contributed by atoms with van der Waals surface area (Å²) in [6, 6.07) is 0.880. The van der Waals surface area contributed by atoms with Gasteiger partial charge in [0.15, 0.2) is 0 Å². The monoisotopic (exact) mass is 181 g/mol.